The van der Waals surface area contributed by atoms with Crippen molar-refractivity contribution in [1.29, 1.82) is 0 Å². The van der Waals surface area contributed by atoms with Gasteiger partial charge in [-0.25, -0.2) is 4.79 Å². The van der Waals surface area contributed by atoms with Crippen molar-refractivity contribution in [2.45, 2.75) is 45.4 Å². The third-order valence-electron chi connectivity index (χ3n) is 2.83. The zero-order valence-electron chi connectivity index (χ0n) is 13.0. The zero-order valence-corrected chi connectivity index (χ0v) is 13.8. The third-order valence-corrected chi connectivity index (χ3v) is 3.65. The molecule has 6 heteroatoms. The molecule has 0 rings (SSSR count). The number of hydrogen-bond donors (Lipinski definition) is 2. The molecule has 1 amide bonds. The Balaban J connectivity index is 4.23. The molecule has 0 bridgehead atoms. The number of thioether (sulfide) groups is 1. The van der Waals surface area contributed by atoms with Gasteiger partial charge in [-0.05, 0) is 41.0 Å². The van der Waals surface area contributed by atoms with E-state index in [-0.39, 0.29) is 6.04 Å². The fourth-order valence-corrected chi connectivity index (χ4v) is 2.35. The van der Waals surface area contributed by atoms with Crippen molar-refractivity contribution in [2.75, 3.05) is 32.1 Å². The average molecular weight is 291 g/mol. The van der Waals surface area contributed by atoms with Crippen LogP contribution in [0, 0.1) is 0 Å². The molecule has 5 nitrogen and oxygen atoms in total. The molecule has 3 N–H and O–H groups in total. The van der Waals surface area contributed by atoms with E-state index in [1.807, 2.05) is 27.8 Å². The first-order valence-electron chi connectivity index (χ1n) is 6.59. The minimum atomic E-state index is -0.472. The van der Waals surface area contributed by atoms with Crippen molar-refractivity contribution in [3.63, 3.8) is 0 Å². The Kier molecular flexibility index (Phi) is 8.45. The average Bonchev–Trinajstić information content (AvgIpc) is 2.27. The number of carbonyl (C=O) groups is 1. The highest BCUT2D eigenvalue weighted by Gasteiger charge is 2.21. The number of amides is 1. The fourth-order valence-electron chi connectivity index (χ4n) is 1.63. The number of alkyl carbamates (subject to hydrolysis) is 1. The van der Waals surface area contributed by atoms with E-state index >= 15 is 0 Å². The van der Waals surface area contributed by atoms with Crippen LogP contribution >= 0.6 is 11.8 Å². The molecule has 2 atom stereocenters. The smallest absolute Gasteiger partial charge is 0.407 e. The normalized spacial score (nSPS) is 15.2. The highest BCUT2D eigenvalue weighted by Crippen LogP contribution is 2.08. The molecule has 0 aliphatic rings. The number of rotatable bonds is 7. The highest BCUT2D eigenvalue weighted by molar-refractivity contribution is 7.98. The lowest BCUT2D eigenvalue weighted by Crippen LogP contribution is -2.50. The summed E-state index contributed by atoms with van der Waals surface area (Å²) in [5.41, 5.74) is 5.31. The predicted molar refractivity (Wildman–Crippen MR) is 82.7 cm³/mol. The molecule has 0 saturated carbocycles. The molecule has 0 aromatic heterocycles. The molecule has 0 aromatic rings. The van der Waals surface area contributed by atoms with Crippen molar-refractivity contribution >= 4 is 17.9 Å². The van der Waals surface area contributed by atoms with E-state index in [2.05, 4.69) is 23.4 Å². The Hall–Kier alpha value is -0.460. The van der Waals surface area contributed by atoms with E-state index in [1.54, 1.807) is 11.8 Å². The van der Waals surface area contributed by atoms with Gasteiger partial charge in [0.2, 0.25) is 0 Å². The SMILES string of the molecule is CSCC(C)N(C)C(CN)CNC(=O)OC(C)(C)C. The predicted octanol–water partition coefficient (Wildman–Crippen LogP) is 1.52. The van der Waals surface area contributed by atoms with Gasteiger partial charge < -0.3 is 15.8 Å². The largest absolute Gasteiger partial charge is 0.444 e. The summed E-state index contributed by atoms with van der Waals surface area (Å²) in [6.45, 7) is 8.71. The van der Waals surface area contributed by atoms with Gasteiger partial charge in [-0.2, -0.15) is 11.8 Å². The van der Waals surface area contributed by atoms with Gasteiger partial charge in [0, 0.05) is 30.9 Å². The molecule has 0 aliphatic carbocycles. The number of nitrogens with zero attached hydrogens (tertiary/aromatic N) is 1. The Morgan fingerprint density at radius 2 is 2.05 bits per heavy atom. The molecule has 19 heavy (non-hydrogen) atoms. The molecule has 0 aliphatic heterocycles. The number of ether oxygens (including phenoxy) is 1. The number of nitrogens with one attached hydrogen (secondary N) is 1. The Bertz CT molecular complexity index is 269. The molecular formula is C13H29N3O2S. The van der Waals surface area contributed by atoms with Crippen LogP contribution in [0.15, 0.2) is 0 Å². The van der Waals surface area contributed by atoms with Crippen LogP contribution in [0.5, 0.6) is 0 Å². The standard InChI is InChI=1S/C13H29N3O2S/c1-10(9-19-6)16(5)11(7-14)8-15-12(17)18-13(2,3)4/h10-11H,7-9,14H2,1-6H3,(H,15,17). The topological polar surface area (TPSA) is 67.6 Å². The maximum Gasteiger partial charge on any atom is 0.407 e. The molecular weight excluding hydrogens is 262 g/mol. The minimum absolute atomic E-state index is 0.120. The van der Waals surface area contributed by atoms with Crippen LogP contribution in [0.4, 0.5) is 4.79 Å². The molecule has 0 spiro atoms. The zero-order chi connectivity index (χ0) is 15.1. The van der Waals surface area contributed by atoms with Crippen LogP contribution in [0.1, 0.15) is 27.7 Å². The van der Waals surface area contributed by atoms with Gasteiger partial charge in [-0.1, -0.05) is 0 Å². The van der Waals surface area contributed by atoms with Crippen molar-refractivity contribution < 1.29 is 9.53 Å². The number of likely N-dealkylation sites (N-methyl/N-ethyl adjacent to an activating group) is 1. The summed E-state index contributed by atoms with van der Waals surface area (Å²) in [6.07, 6.45) is 1.69. The monoisotopic (exact) mass is 291 g/mol. The van der Waals surface area contributed by atoms with Gasteiger partial charge in [0.1, 0.15) is 5.60 Å². The molecule has 0 aromatic carbocycles. The lowest BCUT2D eigenvalue weighted by atomic mass is 10.2. The molecule has 2 unspecified atom stereocenters. The summed E-state index contributed by atoms with van der Waals surface area (Å²) in [4.78, 5) is 13.8. The van der Waals surface area contributed by atoms with Gasteiger partial charge in [0.15, 0.2) is 0 Å². The first-order valence-corrected chi connectivity index (χ1v) is 7.98. The Morgan fingerprint density at radius 3 is 2.47 bits per heavy atom. The van der Waals surface area contributed by atoms with E-state index in [0.29, 0.717) is 19.1 Å². The lowest BCUT2D eigenvalue weighted by Gasteiger charge is -2.32. The van der Waals surface area contributed by atoms with Crippen molar-refractivity contribution in [2.24, 2.45) is 5.73 Å². The first kappa shape index (κ1) is 18.5. The van der Waals surface area contributed by atoms with E-state index in [0.717, 1.165) is 5.75 Å². The Morgan fingerprint density at radius 1 is 1.47 bits per heavy atom. The van der Waals surface area contributed by atoms with Crippen LogP contribution in [-0.4, -0.2) is 60.8 Å². The summed E-state index contributed by atoms with van der Waals surface area (Å²) in [6, 6.07) is 0.540. The van der Waals surface area contributed by atoms with Crippen LogP contribution < -0.4 is 11.1 Å². The van der Waals surface area contributed by atoms with E-state index in [9.17, 15) is 4.79 Å². The van der Waals surface area contributed by atoms with Gasteiger partial charge >= 0.3 is 6.09 Å². The molecule has 0 radical (unpaired) electrons. The Labute approximate surface area is 121 Å². The van der Waals surface area contributed by atoms with Crippen molar-refractivity contribution in [1.82, 2.24) is 10.2 Å². The maximum atomic E-state index is 11.6. The first-order chi connectivity index (χ1) is 8.71. The van der Waals surface area contributed by atoms with Crippen LogP contribution in [0.2, 0.25) is 0 Å². The molecule has 0 fully saturated rings. The van der Waals surface area contributed by atoms with Gasteiger partial charge in [-0.3, -0.25) is 4.90 Å². The van der Waals surface area contributed by atoms with E-state index < -0.39 is 11.7 Å². The lowest BCUT2D eigenvalue weighted by molar-refractivity contribution is 0.0508. The molecule has 114 valence electrons. The van der Waals surface area contributed by atoms with E-state index in [4.69, 9.17) is 10.5 Å². The summed E-state index contributed by atoms with van der Waals surface area (Å²) < 4.78 is 5.21. The van der Waals surface area contributed by atoms with Gasteiger partial charge in [0.25, 0.3) is 0 Å². The highest BCUT2D eigenvalue weighted by atomic mass is 32.2. The van der Waals surface area contributed by atoms with E-state index in [1.165, 1.54) is 0 Å². The molecule has 0 heterocycles. The fraction of sp³-hybridized carbons (Fsp3) is 0.923. The summed E-state index contributed by atoms with van der Waals surface area (Å²) in [5, 5.41) is 2.78. The quantitative estimate of drug-likeness (QED) is 0.744. The summed E-state index contributed by atoms with van der Waals surface area (Å²) in [7, 11) is 2.04. The van der Waals surface area contributed by atoms with Crippen molar-refractivity contribution in [3.8, 4) is 0 Å². The number of nitrogens with two attached hydrogens (primary N) is 1. The van der Waals surface area contributed by atoms with Crippen LogP contribution in [0.3, 0.4) is 0 Å². The van der Waals surface area contributed by atoms with Gasteiger partial charge in [-0.15, -0.1) is 0 Å². The minimum Gasteiger partial charge on any atom is -0.444 e. The van der Waals surface area contributed by atoms with Crippen LogP contribution in [-0.2, 0) is 4.74 Å². The second-order valence-electron chi connectivity index (χ2n) is 5.74. The maximum absolute atomic E-state index is 11.6. The molecule has 0 saturated heterocycles. The summed E-state index contributed by atoms with van der Waals surface area (Å²) in [5.74, 6) is 1.04. The third kappa shape index (κ3) is 8.34. The number of carbonyl (C=O) groups excluding carboxylic acids is 1. The van der Waals surface area contributed by atoms with Crippen LogP contribution in [0.25, 0.3) is 0 Å². The second kappa shape index (κ2) is 8.66. The number of hydrogen-bond acceptors (Lipinski definition) is 5. The second-order valence-corrected chi connectivity index (χ2v) is 6.65. The van der Waals surface area contributed by atoms with Crippen molar-refractivity contribution in [3.05, 3.63) is 0 Å². The van der Waals surface area contributed by atoms with Gasteiger partial charge in [0.05, 0.1) is 0 Å². The summed E-state index contributed by atoms with van der Waals surface area (Å²) >= 11 is 1.80.